The number of rotatable bonds is 0. The van der Waals surface area contributed by atoms with Crippen LogP contribution in [0.1, 0.15) is 37.8 Å². The van der Waals surface area contributed by atoms with E-state index in [9.17, 15) is 0 Å². The quantitative estimate of drug-likeness (QED) is 0.724. The third kappa shape index (κ3) is 1.87. The minimum Gasteiger partial charge on any atom is -0.365 e. The van der Waals surface area contributed by atoms with Crippen molar-refractivity contribution in [3.8, 4) is 0 Å². The monoisotopic (exact) mass is 219 g/mol. The maximum atomic E-state index is 6.01. The molecule has 2 heterocycles. The molecule has 1 fully saturated rings. The van der Waals surface area contributed by atoms with Crippen LogP contribution in [0.4, 0.5) is 0 Å². The minimum absolute atomic E-state index is 0.0435. The fraction of sp³-hybridized carbons (Fsp3) is 0.571. The third-order valence-electron chi connectivity index (χ3n) is 3.42. The van der Waals surface area contributed by atoms with E-state index in [1.54, 1.807) is 0 Å². The van der Waals surface area contributed by atoms with E-state index in [0.717, 1.165) is 32.5 Å². The van der Waals surface area contributed by atoms with Gasteiger partial charge in [-0.15, -0.1) is 0 Å². The topological polar surface area (TPSA) is 21.3 Å². The standard InChI is InChI=1S/C12H15NO.C2H6/c1-2-4-11-10(3-1)9-14-12(11)5-7-13-8-6-12;1-2/h1-4,13H,5-9H2;1-2H3. The lowest BCUT2D eigenvalue weighted by atomic mass is 9.84. The number of piperidine rings is 1. The highest BCUT2D eigenvalue weighted by Gasteiger charge is 2.40. The summed E-state index contributed by atoms with van der Waals surface area (Å²) in [4.78, 5) is 0. The van der Waals surface area contributed by atoms with Crippen molar-refractivity contribution in [3.05, 3.63) is 35.4 Å². The van der Waals surface area contributed by atoms with E-state index >= 15 is 0 Å². The van der Waals surface area contributed by atoms with Gasteiger partial charge in [0.15, 0.2) is 0 Å². The molecular weight excluding hydrogens is 198 g/mol. The zero-order valence-electron chi connectivity index (χ0n) is 10.3. The lowest BCUT2D eigenvalue weighted by molar-refractivity contribution is -0.0590. The predicted octanol–water partition coefficient (Wildman–Crippen LogP) is 2.82. The lowest BCUT2D eigenvalue weighted by Crippen LogP contribution is -2.39. The van der Waals surface area contributed by atoms with Gasteiger partial charge in [0.2, 0.25) is 0 Å². The number of ether oxygens (including phenoxy) is 1. The van der Waals surface area contributed by atoms with Crippen LogP contribution >= 0.6 is 0 Å². The number of benzene rings is 1. The zero-order valence-corrected chi connectivity index (χ0v) is 10.3. The average Bonchev–Trinajstić information content (AvgIpc) is 2.73. The summed E-state index contributed by atoms with van der Waals surface area (Å²) in [5, 5.41) is 3.39. The molecule has 2 nitrogen and oxygen atoms in total. The Bertz CT molecular complexity index is 337. The summed E-state index contributed by atoms with van der Waals surface area (Å²) >= 11 is 0. The van der Waals surface area contributed by atoms with Crippen LogP contribution in [0.2, 0.25) is 0 Å². The fourth-order valence-corrected chi connectivity index (χ4v) is 2.63. The van der Waals surface area contributed by atoms with Crippen LogP contribution in [0.3, 0.4) is 0 Å². The first-order chi connectivity index (χ1) is 7.91. The van der Waals surface area contributed by atoms with Crippen molar-refractivity contribution in [1.29, 1.82) is 0 Å². The summed E-state index contributed by atoms with van der Waals surface area (Å²) in [6.07, 6.45) is 2.23. The fourth-order valence-electron chi connectivity index (χ4n) is 2.63. The highest BCUT2D eigenvalue weighted by atomic mass is 16.5. The van der Waals surface area contributed by atoms with E-state index in [4.69, 9.17) is 4.74 Å². The van der Waals surface area contributed by atoms with Crippen molar-refractivity contribution in [2.45, 2.75) is 38.9 Å². The van der Waals surface area contributed by atoms with Crippen LogP contribution < -0.4 is 5.32 Å². The summed E-state index contributed by atoms with van der Waals surface area (Å²) in [7, 11) is 0. The van der Waals surface area contributed by atoms with E-state index in [1.807, 2.05) is 13.8 Å². The highest BCUT2D eigenvalue weighted by molar-refractivity contribution is 5.35. The van der Waals surface area contributed by atoms with Gasteiger partial charge >= 0.3 is 0 Å². The first-order valence-corrected chi connectivity index (χ1v) is 6.34. The maximum absolute atomic E-state index is 6.01. The second-order valence-corrected chi connectivity index (χ2v) is 4.19. The number of nitrogens with one attached hydrogen (secondary N) is 1. The van der Waals surface area contributed by atoms with Crippen LogP contribution in [0.15, 0.2) is 24.3 Å². The molecule has 1 N–H and O–H groups in total. The predicted molar refractivity (Wildman–Crippen MR) is 66.4 cm³/mol. The highest BCUT2D eigenvalue weighted by Crippen LogP contribution is 2.42. The number of hydrogen-bond acceptors (Lipinski definition) is 2. The average molecular weight is 219 g/mol. The second-order valence-electron chi connectivity index (χ2n) is 4.19. The molecule has 0 atom stereocenters. The normalized spacial score (nSPS) is 21.1. The molecule has 1 aromatic rings. The van der Waals surface area contributed by atoms with Gasteiger partial charge in [-0.25, -0.2) is 0 Å². The molecule has 0 radical (unpaired) electrons. The molecule has 88 valence electrons. The van der Waals surface area contributed by atoms with Gasteiger partial charge in [-0.05, 0) is 37.1 Å². The van der Waals surface area contributed by atoms with Crippen molar-refractivity contribution in [2.75, 3.05) is 13.1 Å². The molecule has 1 aromatic carbocycles. The largest absolute Gasteiger partial charge is 0.365 e. The van der Waals surface area contributed by atoms with Crippen molar-refractivity contribution in [3.63, 3.8) is 0 Å². The maximum Gasteiger partial charge on any atom is 0.0963 e. The Hall–Kier alpha value is -0.860. The Balaban J connectivity index is 0.000000457. The van der Waals surface area contributed by atoms with E-state index in [0.29, 0.717) is 0 Å². The van der Waals surface area contributed by atoms with Crippen molar-refractivity contribution < 1.29 is 4.74 Å². The molecule has 0 aliphatic carbocycles. The number of hydrogen-bond donors (Lipinski definition) is 1. The van der Waals surface area contributed by atoms with Crippen LogP contribution in [-0.4, -0.2) is 13.1 Å². The van der Waals surface area contributed by atoms with Gasteiger partial charge < -0.3 is 10.1 Å². The van der Waals surface area contributed by atoms with E-state index in [2.05, 4.69) is 29.6 Å². The molecule has 3 rings (SSSR count). The molecular formula is C14H21NO. The Morgan fingerprint density at radius 2 is 1.81 bits per heavy atom. The van der Waals surface area contributed by atoms with Crippen molar-refractivity contribution in [1.82, 2.24) is 5.32 Å². The molecule has 16 heavy (non-hydrogen) atoms. The van der Waals surface area contributed by atoms with Crippen molar-refractivity contribution >= 4 is 0 Å². The summed E-state index contributed by atoms with van der Waals surface area (Å²) < 4.78 is 6.01. The minimum atomic E-state index is 0.0435. The van der Waals surface area contributed by atoms with Gasteiger partial charge in [0.1, 0.15) is 0 Å². The summed E-state index contributed by atoms with van der Waals surface area (Å²) in [5.74, 6) is 0. The van der Waals surface area contributed by atoms with Gasteiger partial charge in [-0.3, -0.25) is 0 Å². The third-order valence-corrected chi connectivity index (χ3v) is 3.42. The van der Waals surface area contributed by atoms with Crippen LogP contribution in [0.5, 0.6) is 0 Å². The molecule has 0 bridgehead atoms. The Morgan fingerprint density at radius 3 is 2.56 bits per heavy atom. The summed E-state index contributed by atoms with van der Waals surface area (Å²) in [5.41, 5.74) is 2.86. The molecule has 1 saturated heterocycles. The molecule has 0 unspecified atom stereocenters. The van der Waals surface area contributed by atoms with Gasteiger partial charge in [0, 0.05) is 0 Å². The molecule has 0 aromatic heterocycles. The van der Waals surface area contributed by atoms with Gasteiger partial charge in [-0.2, -0.15) is 0 Å². The van der Waals surface area contributed by atoms with Gasteiger partial charge in [0.25, 0.3) is 0 Å². The summed E-state index contributed by atoms with van der Waals surface area (Å²) in [6, 6.07) is 8.64. The Kier molecular flexibility index (Phi) is 3.62. The second kappa shape index (κ2) is 4.98. The van der Waals surface area contributed by atoms with Crippen LogP contribution in [0, 0.1) is 0 Å². The van der Waals surface area contributed by atoms with Crippen LogP contribution in [-0.2, 0) is 16.9 Å². The summed E-state index contributed by atoms with van der Waals surface area (Å²) in [6.45, 7) is 6.96. The first kappa shape index (κ1) is 11.6. The zero-order chi connectivity index (χ0) is 11.4. The molecule has 2 aliphatic heterocycles. The van der Waals surface area contributed by atoms with Crippen LogP contribution in [0.25, 0.3) is 0 Å². The molecule has 0 saturated carbocycles. The van der Waals surface area contributed by atoms with E-state index in [1.165, 1.54) is 11.1 Å². The van der Waals surface area contributed by atoms with E-state index < -0.39 is 0 Å². The molecule has 2 heteroatoms. The Morgan fingerprint density at radius 1 is 1.12 bits per heavy atom. The van der Waals surface area contributed by atoms with Gasteiger partial charge in [0.05, 0.1) is 12.2 Å². The first-order valence-electron chi connectivity index (χ1n) is 6.34. The lowest BCUT2D eigenvalue weighted by Gasteiger charge is -2.33. The van der Waals surface area contributed by atoms with Gasteiger partial charge in [-0.1, -0.05) is 38.1 Å². The molecule has 1 spiro atoms. The molecule has 2 aliphatic rings. The Labute approximate surface area is 98.0 Å². The van der Waals surface area contributed by atoms with E-state index in [-0.39, 0.29) is 5.60 Å². The number of fused-ring (bicyclic) bond motifs is 2. The van der Waals surface area contributed by atoms with Crippen molar-refractivity contribution in [2.24, 2.45) is 0 Å². The SMILES string of the molecule is CC.c1ccc2c(c1)COC21CCNCC1. The molecule has 0 amide bonds. The smallest absolute Gasteiger partial charge is 0.0963 e.